The fourth-order valence-corrected chi connectivity index (χ4v) is 2.52. The average molecular weight is 260 g/mol. The highest BCUT2D eigenvalue weighted by Crippen LogP contribution is 2.33. The van der Waals surface area contributed by atoms with Crippen LogP contribution >= 0.6 is 0 Å². The van der Waals surface area contributed by atoms with Crippen molar-refractivity contribution in [2.24, 2.45) is 5.92 Å². The van der Waals surface area contributed by atoms with Gasteiger partial charge in [0.1, 0.15) is 5.75 Å². The molecule has 0 bridgehead atoms. The number of rotatable bonds is 4. The third-order valence-electron chi connectivity index (χ3n) is 3.62. The van der Waals surface area contributed by atoms with Gasteiger partial charge < -0.3 is 9.47 Å². The SMILES string of the molecule is COC(=O)CC1CCC=C(c2ccc(OC)cc2)C1. The molecule has 1 aliphatic carbocycles. The van der Waals surface area contributed by atoms with Crippen LogP contribution in [0.15, 0.2) is 30.3 Å². The average Bonchev–Trinajstić information content (AvgIpc) is 2.47. The van der Waals surface area contributed by atoms with Crippen molar-refractivity contribution in [2.75, 3.05) is 14.2 Å². The zero-order chi connectivity index (χ0) is 13.7. The Morgan fingerprint density at radius 3 is 2.63 bits per heavy atom. The Morgan fingerprint density at radius 1 is 1.26 bits per heavy atom. The van der Waals surface area contributed by atoms with Crippen LogP contribution in [0.3, 0.4) is 0 Å². The molecular formula is C16H20O3. The number of ether oxygens (including phenoxy) is 2. The first kappa shape index (κ1) is 13.7. The van der Waals surface area contributed by atoms with Gasteiger partial charge in [0.05, 0.1) is 14.2 Å². The predicted molar refractivity (Wildman–Crippen MR) is 74.9 cm³/mol. The molecule has 0 aliphatic heterocycles. The maximum atomic E-state index is 11.3. The van der Waals surface area contributed by atoms with Gasteiger partial charge in [-0.25, -0.2) is 0 Å². The fraction of sp³-hybridized carbons (Fsp3) is 0.438. The van der Waals surface area contributed by atoms with Crippen molar-refractivity contribution in [2.45, 2.75) is 25.7 Å². The molecule has 0 aromatic heterocycles. The van der Waals surface area contributed by atoms with Crippen molar-refractivity contribution in [3.8, 4) is 5.75 Å². The summed E-state index contributed by atoms with van der Waals surface area (Å²) in [6, 6.07) is 8.09. The fourth-order valence-electron chi connectivity index (χ4n) is 2.52. The van der Waals surface area contributed by atoms with Crippen LogP contribution in [0.2, 0.25) is 0 Å². The standard InChI is InChI=1S/C16H20O3/c1-18-15-8-6-13(7-9-15)14-5-3-4-12(10-14)11-16(17)19-2/h5-9,12H,3-4,10-11H2,1-2H3. The Morgan fingerprint density at radius 2 is 2.00 bits per heavy atom. The highest BCUT2D eigenvalue weighted by Gasteiger charge is 2.19. The van der Waals surface area contributed by atoms with Gasteiger partial charge in [-0.3, -0.25) is 4.79 Å². The second-order valence-corrected chi connectivity index (χ2v) is 4.89. The molecule has 1 aromatic rings. The van der Waals surface area contributed by atoms with Crippen molar-refractivity contribution in [1.29, 1.82) is 0 Å². The molecular weight excluding hydrogens is 240 g/mol. The van der Waals surface area contributed by atoms with E-state index in [0.29, 0.717) is 12.3 Å². The summed E-state index contributed by atoms with van der Waals surface area (Å²) >= 11 is 0. The largest absolute Gasteiger partial charge is 0.497 e. The van der Waals surface area contributed by atoms with Crippen molar-refractivity contribution < 1.29 is 14.3 Å². The summed E-state index contributed by atoms with van der Waals surface area (Å²) in [5, 5.41) is 0. The van der Waals surface area contributed by atoms with E-state index in [0.717, 1.165) is 25.0 Å². The minimum absolute atomic E-state index is 0.110. The predicted octanol–water partition coefficient (Wildman–Crippen LogP) is 3.44. The van der Waals surface area contributed by atoms with Gasteiger partial charge in [0.15, 0.2) is 0 Å². The third-order valence-corrected chi connectivity index (χ3v) is 3.62. The number of benzene rings is 1. The van der Waals surface area contributed by atoms with Gasteiger partial charge in [0, 0.05) is 6.42 Å². The maximum absolute atomic E-state index is 11.3. The van der Waals surface area contributed by atoms with Crippen LogP contribution < -0.4 is 4.74 Å². The van der Waals surface area contributed by atoms with E-state index in [-0.39, 0.29) is 5.97 Å². The number of hydrogen-bond donors (Lipinski definition) is 0. The summed E-state index contributed by atoms with van der Waals surface area (Å²) in [5.41, 5.74) is 2.54. The molecule has 19 heavy (non-hydrogen) atoms. The molecule has 1 unspecified atom stereocenters. The summed E-state index contributed by atoms with van der Waals surface area (Å²) in [5.74, 6) is 1.15. The van der Waals surface area contributed by atoms with Gasteiger partial charge in [-0.05, 0) is 48.4 Å². The Bertz CT molecular complexity index is 459. The summed E-state index contributed by atoms with van der Waals surface area (Å²) in [7, 11) is 3.12. The normalized spacial score (nSPS) is 18.6. The lowest BCUT2D eigenvalue weighted by Crippen LogP contribution is -2.13. The van der Waals surface area contributed by atoms with Crippen molar-refractivity contribution in [3.63, 3.8) is 0 Å². The molecule has 0 saturated heterocycles. The van der Waals surface area contributed by atoms with Crippen LogP contribution in [0.1, 0.15) is 31.2 Å². The van der Waals surface area contributed by atoms with Gasteiger partial charge in [-0.15, -0.1) is 0 Å². The summed E-state index contributed by atoms with van der Waals surface area (Å²) in [4.78, 5) is 11.3. The molecule has 2 rings (SSSR count). The van der Waals surface area contributed by atoms with E-state index >= 15 is 0 Å². The van der Waals surface area contributed by atoms with E-state index < -0.39 is 0 Å². The molecule has 0 amide bonds. The molecule has 3 nitrogen and oxygen atoms in total. The van der Waals surface area contributed by atoms with Crippen molar-refractivity contribution in [3.05, 3.63) is 35.9 Å². The minimum atomic E-state index is -0.110. The van der Waals surface area contributed by atoms with E-state index in [9.17, 15) is 4.79 Å². The lowest BCUT2D eigenvalue weighted by molar-refractivity contribution is -0.141. The second-order valence-electron chi connectivity index (χ2n) is 4.89. The van der Waals surface area contributed by atoms with E-state index in [2.05, 4.69) is 18.2 Å². The van der Waals surface area contributed by atoms with Crippen LogP contribution in [0.5, 0.6) is 5.75 Å². The summed E-state index contributed by atoms with van der Waals surface area (Å²) < 4.78 is 9.91. The third kappa shape index (κ3) is 3.60. The van der Waals surface area contributed by atoms with Gasteiger partial charge in [-0.1, -0.05) is 18.2 Å². The molecule has 0 fully saturated rings. The van der Waals surface area contributed by atoms with Crippen LogP contribution in [0.4, 0.5) is 0 Å². The van der Waals surface area contributed by atoms with Gasteiger partial charge in [-0.2, -0.15) is 0 Å². The number of carbonyl (C=O) groups is 1. The Kier molecular flexibility index (Phi) is 4.61. The molecule has 1 aromatic carbocycles. The van der Waals surface area contributed by atoms with Crippen LogP contribution in [-0.4, -0.2) is 20.2 Å². The summed E-state index contributed by atoms with van der Waals surface area (Å²) in [6.07, 6.45) is 5.83. The van der Waals surface area contributed by atoms with Crippen molar-refractivity contribution >= 4 is 11.5 Å². The first-order valence-electron chi connectivity index (χ1n) is 6.63. The molecule has 102 valence electrons. The number of hydrogen-bond acceptors (Lipinski definition) is 3. The van der Waals surface area contributed by atoms with Crippen molar-refractivity contribution in [1.82, 2.24) is 0 Å². The minimum Gasteiger partial charge on any atom is -0.497 e. The topological polar surface area (TPSA) is 35.5 Å². The van der Waals surface area contributed by atoms with Gasteiger partial charge >= 0.3 is 5.97 Å². The zero-order valence-corrected chi connectivity index (χ0v) is 11.5. The Labute approximate surface area is 114 Å². The Balaban J connectivity index is 2.03. The van der Waals surface area contributed by atoms with Crippen LogP contribution in [0, 0.1) is 5.92 Å². The van der Waals surface area contributed by atoms with E-state index in [1.807, 2.05) is 12.1 Å². The lowest BCUT2D eigenvalue weighted by atomic mass is 9.84. The molecule has 0 N–H and O–H groups in total. The van der Waals surface area contributed by atoms with E-state index in [1.165, 1.54) is 18.2 Å². The number of esters is 1. The highest BCUT2D eigenvalue weighted by molar-refractivity contribution is 5.71. The number of carbonyl (C=O) groups excluding carboxylic acids is 1. The smallest absolute Gasteiger partial charge is 0.305 e. The molecule has 3 heteroatoms. The molecule has 0 saturated carbocycles. The molecule has 1 aliphatic rings. The maximum Gasteiger partial charge on any atom is 0.305 e. The first-order valence-corrected chi connectivity index (χ1v) is 6.63. The molecule has 1 atom stereocenters. The first-order chi connectivity index (χ1) is 9.22. The molecule has 0 spiro atoms. The van der Waals surface area contributed by atoms with E-state index in [4.69, 9.17) is 9.47 Å². The quantitative estimate of drug-likeness (QED) is 0.778. The van der Waals surface area contributed by atoms with Gasteiger partial charge in [0.25, 0.3) is 0 Å². The Hall–Kier alpha value is -1.77. The van der Waals surface area contributed by atoms with E-state index in [1.54, 1.807) is 7.11 Å². The lowest BCUT2D eigenvalue weighted by Gasteiger charge is -2.22. The van der Waals surface area contributed by atoms with Crippen LogP contribution in [-0.2, 0) is 9.53 Å². The molecule has 0 radical (unpaired) electrons. The number of methoxy groups -OCH3 is 2. The highest BCUT2D eigenvalue weighted by atomic mass is 16.5. The second kappa shape index (κ2) is 6.41. The number of allylic oxidation sites excluding steroid dienone is 2. The van der Waals surface area contributed by atoms with Crippen LogP contribution in [0.25, 0.3) is 5.57 Å². The summed E-state index contributed by atoms with van der Waals surface area (Å²) in [6.45, 7) is 0. The molecule has 0 heterocycles. The monoisotopic (exact) mass is 260 g/mol. The zero-order valence-electron chi connectivity index (χ0n) is 11.5. The van der Waals surface area contributed by atoms with Gasteiger partial charge in [0.2, 0.25) is 0 Å².